The molecule has 30 heavy (non-hydrogen) atoms. The maximum absolute atomic E-state index is 12.5. The third kappa shape index (κ3) is 5.79. The lowest BCUT2D eigenvalue weighted by molar-refractivity contribution is 0.102. The van der Waals surface area contributed by atoms with E-state index in [1.807, 2.05) is 24.3 Å². The zero-order valence-corrected chi connectivity index (χ0v) is 16.4. The van der Waals surface area contributed by atoms with E-state index in [1.54, 1.807) is 18.3 Å². The molecule has 0 spiro atoms. The van der Waals surface area contributed by atoms with E-state index in [1.165, 1.54) is 12.3 Å². The Morgan fingerprint density at radius 3 is 2.67 bits per heavy atom. The van der Waals surface area contributed by atoms with Gasteiger partial charge < -0.3 is 10.1 Å². The summed E-state index contributed by atoms with van der Waals surface area (Å²) in [6, 6.07) is 12.4. The third-order valence-electron chi connectivity index (χ3n) is 4.32. The lowest BCUT2D eigenvalue weighted by Crippen LogP contribution is -2.16. The highest BCUT2D eigenvalue weighted by Gasteiger charge is 2.11. The van der Waals surface area contributed by atoms with Crippen LogP contribution in [0.3, 0.4) is 0 Å². The van der Waals surface area contributed by atoms with E-state index in [0.717, 1.165) is 31.1 Å². The molecule has 0 aliphatic heterocycles. The molecule has 2 amide bonds. The molecule has 0 aliphatic carbocycles. The number of nitrogens with zero attached hydrogens (tertiary/aromatic N) is 2. The number of fused-ring (bicyclic) bond motifs is 1. The first-order valence-electron chi connectivity index (χ1n) is 9.66. The summed E-state index contributed by atoms with van der Waals surface area (Å²) in [5, 5.41) is 6.34. The second-order valence-corrected chi connectivity index (χ2v) is 6.54. The van der Waals surface area contributed by atoms with E-state index in [9.17, 15) is 9.59 Å². The van der Waals surface area contributed by atoms with Gasteiger partial charge in [-0.3, -0.25) is 15.1 Å². The third-order valence-corrected chi connectivity index (χ3v) is 4.32. The number of anilines is 2. The molecule has 0 saturated heterocycles. The van der Waals surface area contributed by atoms with Crippen molar-refractivity contribution >= 4 is 34.3 Å². The number of carbonyl (C=O) groups excluding carboxylic acids is 2. The van der Waals surface area contributed by atoms with Crippen LogP contribution in [0.5, 0.6) is 0 Å². The number of nitrogens with one attached hydrogen (secondary N) is 2. The van der Waals surface area contributed by atoms with Gasteiger partial charge in [-0.05, 0) is 43.5 Å². The van der Waals surface area contributed by atoms with Gasteiger partial charge in [0.15, 0.2) is 0 Å². The average molecular weight is 402 g/mol. The van der Waals surface area contributed by atoms with Crippen LogP contribution < -0.4 is 10.6 Å². The maximum Gasteiger partial charge on any atom is 0.411 e. The van der Waals surface area contributed by atoms with Crippen molar-refractivity contribution in [1.82, 2.24) is 9.97 Å². The van der Waals surface area contributed by atoms with Gasteiger partial charge in [0.25, 0.3) is 5.91 Å². The molecule has 152 valence electrons. The molecule has 0 bridgehead atoms. The van der Waals surface area contributed by atoms with Crippen molar-refractivity contribution < 1.29 is 14.3 Å². The first kappa shape index (κ1) is 20.8. The highest BCUT2D eigenvalue weighted by Crippen LogP contribution is 2.21. The largest absolute Gasteiger partial charge is 0.449 e. The Morgan fingerprint density at radius 1 is 1.00 bits per heavy atom. The van der Waals surface area contributed by atoms with Crippen molar-refractivity contribution in [3.05, 3.63) is 60.6 Å². The fourth-order valence-corrected chi connectivity index (χ4v) is 2.82. The molecular formula is C23H22N4O3. The fourth-order valence-electron chi connectivity index (χ4n) is 2.82. The Morgan fingerprint density at radius 2 is 1.87 bits per heavy atom. The van der Waals surface area contributed by atoms with Crippen molar-refractivity contribution in [1.29, 1.82) is 0 Å². The number of pyridine rings is 2. The zero-order chi connectivity index (χ0) is 21.2. The Hall–Kier alpha value is -3.92. The van der Waals surface area contributed by atoms with Crippen molar-refractivity contribution in [3.63, 3.8) is 0 Å². The van der Waals surface area contributed by atoms with Gasteiger partial charge in [-0.2, -0.15) is 0 Å². The normalized spacial score (nSPS) is 10.2. The molecule has 0 fully saturated rings. The first-order chi connectivity index (χ1) is 14.7. The van der Waals surface area contributed by atoms with Crippen LogP contribution in [0.1, 0.15) is 36.2 Å². The van der Waals surface area contributed by atoms with Crippen LogP contribution in [0.15, 0.2) is 54.9 Å². The van der Waals surface area contributed by atoms with Gasteiger partial charge >= 0.3 is 6.09 Å². The number of rotatable bonds is 8. The highest BCUT2D eigenvalue weighted by atomic mass is 16.5. The second kappa shape index (κ2) is 10.6. The Labute approximate surface area is 174 Å². The maximum atomic E-state index is 12.5. The molecule has 0 atom stereocenters. The van der Waals surface area contributed by atoms with Crippen LogP contribution in [-0.4, -0.2) is 28.6 Å². The SMILES string of the molecule is C#CCCCCCOC(=O)Nc1ccc(C(=O)Nc2cccc3cccnc23)nc1. The minimum Gasteiger partial charge on any atom is -0.449 e. The molecule has 0 unspecified atom stereocenters. The van der Waals surface area contributed by atoms with E-state index >= 15 is 0 Å². The predicted octanol–water partition coefficient (Wildman–Crippen LogP) is 4.62. The molecule has 0 aliphatic rings. The number of terminal acetylenes is 1. The van der Waals surface area contributed by atoms with Crippen LogP contribution in [0.25, 0.3) is 10.9 Å². The number of amides is 2. The molecule has 1 aromatic carbocycles. The van der Waals surface area contributed by atoms with Crippen LogP contribution in [0.2, 0.25) is 0 Å². The number of benzene rings is 1. The summed E-state index contributed by atoms with van der Waals surface area (Å²) in [5.74, 6) is 2.21. The zero-order valence-electron chi connectivity index (χ0n) is 16.4. The van der Waals surface area contributed by atoms with Gasteiger partial charge in [0.1, 0.15) is 5.69 Å². The predicted molar refractivity (Wildman–Crippen MR) is 116 cm³/mol. The number of carbonyl (C=O) groups is 2. The van der Waals surface area contributed by atoms with E-state index in [-0.39, 0.29) is 11.6 Å². The Kier molecular flexibility index (Phi) is 7.34. The van der Waals surface area contributed by atoms with Gasteiger partial charge in [-0.15, -0.1) is 12.3 Å². The smallest absolute Gasteiger partial charge is 0.411 e. The van der Waals surface area contributed by atoms with E-state index in [4.69, 9.17) is 11.2 Å². The van der Waals surface area contributed by atoms with Crippen LogP contribution in [0.4, 0.5) is 16.2 Å². The van der Waals surface area contributed by atoms with Gasteiger partial charge in [0.2, 0.25) is 0 Å². The molecular weight excluding hydrogens is 380 g/mol. The molecule has 3 rings (SSSR count). The summed E-state index contributed by atoms with van der Waals surface area (Å²) < 4.78 is 5.11. The van der Waals surface area contributed by atoms with Gasteiger partial charge in [0.05, 0.1) is 29.7 Å². The molecule has 2 aromatic heterocycles. The quantitative estimate of drug-likeness (QED) is 0.423. The number of ether oxygens (including phenoxy) is 1. The van der Waals surface area contributed by atoms with Crippen LogP contribution in [0, 0.1) is 12.3 Å². The van der Waals surface area contributed by atoms with Crippen LogP contribution in [-0.2, 0) is 4.74 Å². The summed E-state index contributed by atoms with van der Waals surface area (Å²) >= 11 is 0. The molecule has 2 heterocycles. The van der Waals surface area contributed by atoms with Crippen molar-refractivity contribution in [3.8, 4) is 12.3 Å². The van der Waals surface area contributed by atoms with Crippen LogP contribution >= 0.6 is 0 Å². The van der Waals surface area contributed by atoms with E-state index < -0.39 is 6.09 Å². The average Bonchev–Trinajstić information content (AvgIpc) is 2.77. The molecule has 0 radical (unpaired) electrons. The van der Waals surface area contributed by atoms with Crippen molar-refractivity contribution in [2.45, 2.75) is 25.7 Å². The summed E-state index contributed by atoms with van der Waals surface area (Å²) in [4.78, 5) is 32.8. The molecule has 0 saturated carbocycles. The topological polar surface area (TPSA) is 93.2 Å². The first-order valence-corrected chi connectivity index (χ1v) is 9.66. The summed E-state index contributed by atoms with van der Waals surface area (Å²) in [7, 11) is 0. The van der Waals surface area contributed by atoms with Gasteiger partial charge in [-0.1, -0.05) is 18.2 Å². The lowest BCUT2D eigenvalue weighted by atomic mass is 10.2. The monoisotopic (exact) mass is 402 g/mol. The lowest BCUT2D eigenvalue weighted by Gasteiger charge is -2.09. The fraction of sp³-hybridized carbons (Fsp3) is 0.217. The van der Waals surface area contributed by atoms with Gasteiger partial charge in [-0.25, -0.2) is 9.78 Å². The summed E-state index contributed by atoms with van der Waals surface area (Å²) in [6.45, 7) is 0.323. The standard InChI is InChI=1S/C23H22N4O3/c1-2-3-4-5-6-15-30-23(29)26-18-12-13-20(25-16-18)22(28)27-19-11-7-9-17-10-8-14-24-21(17)19/h1,7-14,16H,3-6,15H2,(H,26,29)(H,27,28). The molecule has 2 N–H and O–H groups in total. The number of para-hydroxylation sites is 1. The highest BCUT2D eigenvalue weighted by molar-refractivity contribution is 6.07. The number of hydrogen-bond acceptors (Lipinski definition) is 5. The minimum atomic E-state index is -0.562. The van der Waals surface area contributed by atoms with Crippen molar-refractivity contribution in [2.75, 3.05) is 17.2 Å². The van der Waals surface area contributed by atoms with E-state index in [2.05, 4.69) is 26.5 Å². The second-order valence-electron chi connectivity index (χ2n) is 6.54. The van der Waals surface area contributed by atoms with Gasteiger partial charge in [0, 0.05) is 18.0 Å². The Bertz CT molecular complexity index is 1050. The number of unbranched alkanes of at least 4 members (excludes halogenated alkanes) is 3. The summed E-state index contributed by atoms with van der Waals surface area (Å²) in [5.41, 5.74) is 1.97. The van der Waals surface area contributed by atoms with Crippen molar-refractivity contribution in [2.24, 2.45) is 0 Å². The minimum absolute atomic E-state index is 0.218. The summed E-state index contributed by atoms with van der Waals surface area (Å²) in [6.07, 6.45) is 11.0. The van der Waals surface area contributed by atoms with E-state index in [0.29, 0.717) is 23.5 Å². The number of aromatic nitrogens is 2. The number of hydrogen-bond donors (Lipinski definition) is 2. The molecule has 7 nitrogen and oxygen atoms in total. The molecule has 3 aromatic rings. The Balaban J connectivity index is 1.52. The molecule has 7 heteroatoms.